The topological polar surface area (TPSA) is 49.4 Å². The Morgan fingerprint density at radius 2 is 1.78 bits per heavy atom. The van der Waals surface area contributed by atoms with Crippen molar-refractivity contribution in [3.05, 3.63) is 70.6 Å². The first-order valence-electron chi connectivity index (χ1n) is 7.86. The quantitative estimate of drug-likeness (QED) is 0.523. The number of anilines is 1. The van der Waals surface area contributed by atoms with E-state index in [2.05, 4.69) is 5.43 Å². The first-order valence-corrected chi connectivity index (χ1v) is 8.67. The number of rotatable bonds is 2. The zero-order valence-electron chi connectivity index (χ0n) is 13.6. The van der Waals surface area contributed by atoms with Crippen LogP contribution in [0.3, 0.4) is 0 Å². The van der Waals surface area contributed by atoms with Crippen molar-refractivity contribution in [3.63, 3.8) is 0 Å². The lowest BCUT2D eigenvalue weighted by molar-refractivity contribution is -0.137. The number of hydrogen-bond donors (Lipinski definition) is 1. The molecule has 0 atom stereocenters. The number of thiophene rings is 1. The van der Waals surface area contributed by atoms with Gasteiger partial charge >= 0.3 is 6.18 Å². The summed E-state index contributed by atoms with van der Waals surface area (Å²) in [5, 5.41) is 1.81. The first-order chi connectivity index (χ1) is 12.8. The Morgan fingerprint density at radius 3 is 2.52 bits per heavy atom. The number of hydrogen-bond acceptors (Lipinski definition) is 3. The first kappa shape index (κ1) is 17.3. The fourth-order valence-electron chi connectivity index (χ4n) is 2.78. The molecule has 8 heteroatoms. The molecule has 136 valence electrons. The second-order valence-corrected chi connectivity index (χ2v) is 6.99. The van der Waals surface area contributed by atoms with Gasteiger partial charge in [0.2, 0.25) is 0 Å². The second-order valence-electron chi connectivity index (χ2n) is 5.87. The van der Waals surface area contributed by atoms with E-state index in [1.807, 2.05) is 30.3 Å². The molecular formula is C19H11F3N2O2S. The molecule has 27 heavy (non-hydrogen) atoms. The van der Waals surface area contributed by atoms with Gasteiger partial charge in [-0.3, -0.25) is 15.0 Å². The van der Waals surface area contributed by atoms with Crippen molar-refractivity contribution in [2.75, 3.05) is 5.01 Å². The molecule has 1 saturated heterocycles. The molecular weight excluding hydrogens is 377 g/mol. The molecule has 2 heterocycles. The number of carbonyl (C=O) groups excluding carboxylic acids is 2. The maximum absolute atomic E-state index is 12.9. The van der Waals surface area contributed by atoms with Crippen molar-refractivity contribution in [1.29, 1.82) is 0 Å². The lowest BCUT2D eigenvalue weighted by Gasteiger charge is -2.16. The van der Waals surface area contributed by atoms with Gasteiger partial charge in [0.05, 0.1) is 11.3 Å². The van der Waals surface area contributed by atoms with Crippen LogP contribution in [-0.2, 0) is 15.8 Å². The van der Waals surface area contributed by atoms with Crippen LogP contribution < -0.4 is 10.4 Å². The number of fused-ring (bicyclic) bond motifs is 1. The van der Waals surface area contributed by atoms with E-state index in [1.54, 1.807) is 0 Å². The summed E-state index contributed by atoms with van der Waals surface area (Å²) in [7, 11) is 0. The molecule has 0 radical (unpaired) electrons. The Balaban J connectivity index is 1.68. The molecule has 2 amide bonds. The minimum absolute atomic E-state index is 0.0529. The van der Waals surface area contributed by atoms with Crippen molar-refractivity contribution < 1.29 is 22.8 Å². The van der Waals surface area contributed by atoms with Gasteiger partial charge in [-0.05, 0) is 41.8 Å². The normalized spacial score (nSPS) is 16.4. The lowest BCUT2D eigenvalue weighted by atomic mass is 10.1. The fraction of sp³-hybridized carbons (Fsp3) is 0.0526. The Morgan fingerprint density at radius 1 is 1.00 bits per heavy atom. The maximum atomic E-state index is 12.9. The van der Waals surface area contributed by atoms with Gasteiger partial charge in [0, 0.05) is 9.58 Å². The third-order valence-corrected chi connectivity index (χ3v) is 5.12. The number of alkyl halides is 3. The highest BCUT2D eigenvalue weighted by molar-refractivity contribution is 7.19. The Hall–Kier alpha value is -3.13. The van der Waals surface area contributed by atoms with Crippen LogP contribution in [0.2, 0.25) is 0 Å². The molecule has 0 spiro atoms. The number of carbonyl (C=O) groups is 2. The van der Waals surface area contributed by atoms with Gasteiger partial charge in [0.1, 0.15) is 5.57 Å². The number of nitrogens with zero attached hydrogens (tertiary/aromatic N) is 1. The predicted octanol–water partition coefficient (Wildman–Crippen LogP) is 4.38. The summed E-state index contributed by atoms with van der Waals surface area (Å²) in [6.07, 6.45) is -3.09. The molecule has 4 rings (SSSR count). The molecule has 0 bridgehead atoms. The fourth-order valence-corrected chi connectivity index (χ4v) is 3.78. The van der Waals surface area contributed by atoms with E-state index in [0.29, 0.717) is 4.88 Å². The average molecular weight is 388 g/mol. The largest absolute Gasteiger partial charge is 0.416 e. The number of hydrazine groups is 1. The van der Waals surface area contributed by atoms with Gasteiger partial charge in [0.25, 0.3) is 11.8 Å². The summed E-state index contributed by atoms with van der Waals surface area (Å²) in [4.78, 5) is 25.5. The monoisotopic (exact) mass is 388 g/mol. The van der Waals surface area contributed by atoms with Crippen LogP contribution in [0.25, 0.3) is 16.2 Å². The van der Waals surface area contributed by atoms with Crippen LogP contribution in [0, 0.1) is 0 Å². The van der Waals surface area contributed by atoms with Crippen molar-refractivity contribution >= 4 is 45.0 Å². The SMILES string of the molecule is O=C1NN(c2cccc(C(F)(F)F)c2)C(=O)/C1=C\c1cc2ccccc2s1. The maximum Gasteiger partial charge on any atom is 0.416 e. The molecule has 0 unspecified atom stereocenters. The molecule has 1 aromatic heterocycles. The van der Waals surface area contributed by atoms with Gasteiger partial charge < -0.3 is 0 Å². The standard InChI is InChI=1S/C19H11F3N2O2S/c20-19(21,22)12-5-3-6-13(9-12)24-18(26)15(17(25)23-24)10-14-8-11-4-1-2-7-16(11)27-14/h1-10H,(H,23,25)/b15-10-. The van der Waals surface area contributed by atoms with Crippen LogP contribution >= 0.6 is 11.3 Å². The Bertz CT molecular complexity index is 1070. The van der Waals surface area contributed by atoms with Crippen LogP contribution in [0.4, 0.5) is 18.9 Å². The smallest absolute Gasteiger partial charge is 0.267 e. The molecule has 1 fully saturated rings. The van der Waals surface area contributed by atoms with E-state index < -0.39 is 23.6 Å². The molecule has 3 aromatic rings. The zero-order valence-corrected chi connectivity index (χ0v) is 14.4. The Kier molecular flexibility index (Phi) is 4.00. The van der Waals surface area contributed by atoms with Gasteiger partial charge in [-0.1, -0.05) is 24.3 Å². The van der Waals surface area contributed by atoms with Crippen LogP contribution in [-0.4, -0.2) is 11.8 Å². The van der Waals surface area contributed by atoms with E-state index in [1.165, 1.54) is 29.5 Å². The average Bonchev–Trinajstić information content (AvgIpc) is 3.16. The van der Waals surface area contributed by atoms with Gasteiger partial charge in [-0.15, -0.1) is 11.3 Å². The summed E-state index contributed by atoms with van der Waals surface area (Å²) >= 11 is 1.42. The molecule has 1 aliphatic heterocycles. The number of nitrogens with one attached hydrogen (secondary N) is 1. The minimum atomic E-state index is -4.54. The van der Waals surface area contributed by atoms with Gasteiger partial charge in [0.15, 0.2) is 0 Å². The highest BCUT2D eigenvalue weighted by Gasteiger charge is 2.36. The molecule has 1 N–H and O–H groups in total. The number of benzene rings is 2. The van der Waals surface area contributed by atoms with Crippen molar-refractivity contribution in [1.82, 2.24) is 5.43 Å². The van der Waals surface area contributed by atoms with Crippen molar-refractivity contribution in [2.24, 2.45) is 0 Å². The number of halogens is 3. The van der Waals surface area contributed by atoms with E-state index in [9.17, 15) is 22.8 Å². The highest BCUT2D eigenvalue weighted by atomic mass is 32.1. The molecule has 0 saturated carbocycles. The number of amides is 2. The molecule has 1 aliphatic rings. The lowest BCUT2D eigenvalue weighted by Crippen LogP contribution is -2.35. The second kappa shape index (κ2) is 6.24. The third-order valence-electron chi connectivity index (χ3n) is 4.05. The van der Waals surface area contributed by atoms with Crippen LogP contribution in [0.15, 0.2) is 60.2 Å². The zero-order chi connectivity index (χ0) is 19.2. The summed E-state index contributed by atoms with van der Waals surface area (Å²) < 4.78 is 39.7. The van der Waals surface area contributed by atoms with Crippen LogP contribution in [0.5, 0.6) is 0 Å². The molecule has 0 aliphatic carbocycles. The van der Waals surface area contributed by atoms with Crippen molar-refractivity contribution in [3.8, 4) is 0 Å². The minimum Gasteiger partial charge on any atom is -0.267 e. The van der Waals surface area contributed by atoms with E-state index in [4.69, 9.17) is 0 Å². The van der Waals surface area contributed by atoms with Gasteiger partial charge in [-0.2, -0.15) is 13.2 Å². The Labute approximate surface area is 155 Å². The summed E-state index contributed by atoms with van der Waals surface area (Å²) in [5.74, 6) is -1.35. The summed E-state index contributed by atoms with van der Waals surface area (Å²) in [6.45, 7) is 0. The van der Waals surface area contributed by atoms with Crippen molar-refractivity contribution in [2.45, 2.75) is 6.18 Å². The molecule has 4 nitrogen and oxygen atoms in total. The van der Waals surface area contributed by atoms with E-state index in [0.717, 1.165) is 27.2 Å². The van der Waals surface area contributed by atoms with Crippen LogP contribution in [0.1, 0.15) is 10.4 Å². The summed E-state index contributed by atoms with van der Waals surface area (Å²) in [5.41, 5.74) is 1.24. The third kappa shape index (κ3) is 3.19. The van der Waals surface area contributed by atoms with E-state index >= 15 is 0 Å². The highest BCUT2D eigenvalue weighted by Crippen LogP contribution is 2.33. The van der Waals surface area contributed by atoms with Gasteiger partial charge in [-0.25, -0.2) is 5.01 Å². The summed E-state index contributed by atoms with van der Waals surface area (Å²) in [6, 6.07) is 13.7. The predicted molar refractivity (Wildman–Crippen MR) is 96.9 cm³/mol. The van der Waals surface area contributed by atoms with E-state index in [-0.39, 0.29) is 11.3 Å². The molecule has 2 aromatic carbocycles.